The van der Waals surface area contributed by atoms with Gasteiger partial charge in [-0.15, -0.1) is 0 Å². The number of alkyl halides is 4. The summed E-state index contributed by atoms with van der Waals surface area (Å²) in [6.45, 7) is 23.7. The third-order valence-corrected chi connectivity index (χ3v) is 13.8. The first-order chi connectivity index (χ1) is 34.4. The Morgan fingerprint density at radius 3 is 1.63 bits per heavy atom. The smallest absolute Gasteiger partial charge is 0.412 e. The molecule has 6 unspecified atom stereocenters. The van der Waals surface area contributed by atoms with E-state index in [9.17, 15) is 31.6 Å². The van der Waals surface area contributed by atoms with Crippen molar-refractivity contribution in [1.29, 1.82) is 0 Å². The summed E-state index contributed by atoms with van der Waals surface area (Å²) >= 11 is 0. The summed E-state index contributed by atoms with van der Waals surface area (Å²) in [6, 6.07) is 19.9. The van der Waals surface area contributed by atoms with Gasteiger partial charge in [-0.2, -0.15) is 35.9 Å². The van der Waals surface area contributed by atoms with Crippen LogP contribution in [0.3, 0.4) is 0 Å². The fraction of sp³-hybridized carbons (Fsp3) is 0.511. The lowest BCUT2D eigenvalue weighted by Gasteiger charge is -2.25. The zero-order valence-electron chi connectivity index (χ0n) is 44.1. The molecule has 5 N–H and O–H groups in total. The molecular formula is C45H68F4N8O13SSi4. The average Bonchev–Trinajstić information content (AvgIpc) is 3.63. The number of para-hydroxylation sites is 2. The van der Waals surface area contributed by atoms with E-state index in [4.69, 9.17) is 38.0 Å². The molecule has 0 bridgehead atoms. The van der Waals surface area contributed by atoms with Crippen LogP contribution in [0.4, 0.5) is 50.2 Å². The first kappa shape index (κ1) is 62.2. The van der Waals surface area contributed by atoms with Crippen LogP contribution in [0, 0.1) is 0 Å². The average molecular weight is 1150 g/mol. The molecule has 6 atom stereocenters. The highest BCUT2D eigenvalue weighted by Crippen LogP contribution is 2.45. The number of carbonyl (C=O) groups excluding carboxylic acids is 2. The largest absolute Gasteiger partial charge is 0.518 e. The minimum Gasteiger partial charge on any atom is -0.518 e. The predicted octanol–water partition coefficient (Wildman–Crippen LogP) is 8.56. The molecule has 2 aliphatic rings. The van der Waals surface area contributed by atoms with E-state index in [-0.39, 0.29) is 19.0 Å². The SMILES string of the molecule is C[Si](C)(C)Nc1ccnc(O[Si](C)(C)C)n1.C[Si](C)(C)OCC1OC(OS(C)(=O)=O)C(F)(F)C1OC(=O)Nc1ccccc1.C[Si](C)(C)OCC1OC(n2ccc(N)nc2=O)C(F)(F)C1OC(=O)Nc1ccccc1. The molecule has 2 aromatic heterocycles. The Balaban J connectivity index is 0.000000256. The number of aromatic nitrogens is 4. The van der Waals surface area contributed by atoms with Gasteiger partial charge >= 0.3 is 35.7 Å². The summed E-state index contributed by atoms with van der Waals surface area (Å²) in [5, 5.41) is 4.71. The number of hydrogen-bond acceptors (Lipinski definition) is 18. The Kier molecular flexibility index (Phi) is 20.9. The zero-order valence-corrected chi connectivity index (χ0v) is 48.9. The molecule has 0 radical (unpaired) electrons. The molecule has 4 heterocycles. The Morgan fingerprint density at radius 2 is 1.19 bits per heavy atom. The maximum absolute atomic E-state index is 15.3. The van der Waals surface area contributed by atoms with E-state index in [1.54, 1.807) is 66.9 Å². The van der Waals surface area contributed by atoms with E-state index in [0.717, 1.165) is 12.0 Å². The fourth-order valence-electron chi connectivity index (χ4n) is 6.43. The van der Waals surface area contributed by atoms with Crippen LogP contribution in [0.5, 0.6) is 6.01 Å². The Bertz CT molecular complexity index is 2650. The van der Waals surface area contributed by atoms with Gasteiger partial charge in [-0.05, 0) is 95.3 Å². The van der Waals surface area contributed by atoms with Gasteiger partial charge in [0.1, 0.15) is 32.1 Å². The highest BCUT2D eigenvalue weighted by Gasteiger charge is 2.64. The van der Waals surface area contributed by atoms with Gasteiger partial charge in [-0.1, -0.05) is 56.0 Å². The molecule has 2 saturated heterocycles. The predicted molar refractivity (Wildman–Crippen MR) is 284 cm³/mol. The maximum Gasteiger partial charge on any atom is 0.412 e. The van der Waals surface area contributed by atoms with Crippen LogP contribution in [-0.2, 0) is 42.1 Å². The van der Waals surface area contributed by atoms with Crippen molar-refractivity contribution in [2.45, 2.75) is 127 Å². The molecule has 21 nitrogen and oxygen atoms in total. The van der Waals surface area contributed by atoms with Gasteiger partial charge in [0.25, 0.3) is 10.1 Å². The Hall–Kier alpha value is -5.32. The minimum atomic E-state index is -4.24. The number of hydrogen-bond donors (Lipinski definition) is 4. The van der Waals surface area contributed by atoms with Crippen molar-refractivity contribution < 1.29 is 72.0 Å². The van der Waals surface area contributed by atoms with Crippen LogP contribution in [0.1, 0.15) is 6.23 Å². The quantitative estimate of drug-likeness (QED) is 0.0438. The zero-order chi connectivity index (χ0) is 56.4. The van der Waals surface area contributed by atoms with Crippen molar-refractivity contribution >= 4 is 78.5 Å². The van der Waals surface area contributed by atoms with Crippen molar-refractivity contribution in [2.75, 3.05) is 40.8 Å². The molecule has 4 aromatic rings. The summed E-state index contributed by atoms with van der Waals surface area (Å²) in [4.78, 5) is 51.9. The summed E-state index contributed by atoms with van der Waals surface area (Å²) in [5.41, 5.74) is 5.14. The topological polar surface area (TPSA) is 265 Å². The van der Waals surface area contributed by atoms with E-state index < -0.39 is 110 Å². The molecular weight excluding hydrogens is 1080 g/mol. The van der Waals surface area contributed by atoms with E-state index >= 15 is 8.78 Å². The lowest BCUT2D eigenvalue weighted by Crippen LogP contribution is -2.46. The van der Waals surface area contributed by atoms with Gasteiger partial charge < -0.3 is 42.9 Å². The van der Waals surface area contributed by atoms with Gasteiger partial charge in [-0.25, -0.2) is 23.6 Å². The first-order valence-corrected chi connectivity index (χ1v) is 38.9. The second-order valence-electron chi connectivity index (χ2n) is 21.0. The number of nitrogens with one attached hydrogen (secondary N) is 3. The van der Waals surface area contributed by atoms with Gasteiger partial charge in [0, 0.05) is 23.8 Å². The number of benzene rings is 2. The molecule has 30 heteroatoms. The third-order valence-electron chi connectivity index (χ3n) is 9.45. The number of nitrogens with zero attached hydrogens (tertiary/aromatic N) is 4. The van der Waals surface area contributed by atoms with Crippen molar-refractivity contribution in [3.63, 3.8) is 0 Å². The number of nitrogens with two attached hydrogens (primary N) is 1. The summed E-state index contributed by atoms with van der Waals surface area (Å²) < 4.78 is 125. The van der Waals surface area contributed by atoms with Crippen molar-refractivity contribution in [1.82, 2.24) is 19.5 Å². The van der Waals surface area contributed by atoms with Gasteiger partial charge in [0.05, 0.1) is 19.5 Å². The Morgan fingerprint density at radius 1 is 0.707 bits per heavy atom. The molecule has 6 rings (SSSR count). The third kappa shape index (κ3) is 21.0. The molecule has 2 aliphatic heterocycles. The maximum atomic E-state index is 15.3. The van der Waals surface area contributed by atoms with Crippen LogP contribution in [0.15, 0.2) is 90.0 Å². The highest BCUT2D eigenvalue weighted by molar-refractivity contribution is 7.86. The summed E-state index contributed by atoms with van der Waals surface area (Å²) in [6.07, 6.45) is -10.1. The van der Waals surface area contributed by atoms with Crippen LogP contribution < -0.4 is 31.5 Å². The number of halogens is 4. The molecule has 0 spiro atoms. The van der Waals surface area contributed by atoms with Crippen LogP contribution in [0.2, 0.25) is 78.6 Å². The molecule has 2 aromatic carbocycles. The van der Waals surface area contributed by atoms with Gasteiger partial charge in [0.2, 0.25) is 26.9 Å². The van der Waals surface area contributed by atoms with Gasteiger partial charge in [0.15, 0.2) is 22.7 Å². The Labute approximate surface area is 438 Å². The van der Waals surface area contributed by atoms with Crippen LogP contribution in [0.25, 0.3) is 0 Å². The fourth-order valence-corrected chi connectivity index (χ4v) is 9.81. The van der Waals surface area contributed by atoms with Crippen molar-refractivity contribution in [3.05, 3.63) is 95.7 Å². The highest BCUT2D eigenvalue weighted by atomic mass is 32.2. The first-order valence-electron chi connectivity index (χ1n) is 23.3. The number of amides is 2. The van der Waals surface area contributed by atoms with Crippen molar-refractivity contribution in [2.24, 2.45) is 0 Å². The molecule has 416 valence electrons. The minimum absolute atomic E-state index is 0.115. The lowest BCUT2D eigenvalue weighted by atomic mass is 10.1. The number of carbonyl (C=O) groups is 2. The van der Waals surface area contributed by atoms with Crippen LogP contribution >= 0.6 is 0 Å². The summed E-state index contributed by atoms with van der Waals surface area (Å²) in [5.74, 6) is -6.91. The van der Waals surface area contributed by atoms with Crippen molar-refractivity contribution in [3.8, 4) is 6.01 Å². The summed E-state index contributed by atoms with van der Waals surface area (Å²) in [7, 11) is -11.4. The molecule has 2 amide bonds. The second kappa shape index (κ2) is 25.2. The standard InChI is InChI=1S/C19H24F2N4O5Si.C16H23F2NO7SSi.C10H21N3OSi2/c1-31(2,3)28-11-13-15(30-18(27)23-12-7-5-4-6-8-12)19(20,21)16(29-13)25-10-9-14(22)24-17(25)26;1-27(21,22)26-14-16(17,18)13(12(24-14)10-23-28(2,3)4)25-15(20)19-11-8-6-5-7-9-11;1-15(2,3)13-9-7-8-11-10(12-9)14-16(4,5)6/h4-10,13,15-16H,11H2,1-3H3,(H,23,27)(H2,22,24,26);5-9,12-14H,10H2,1-4H3,(H,19,20);7-8H,1-6H3,(H,11,12,13). The van der Waals surface area contributed by atoms with E-state index in [1.807, 2.05) is 45.3 Å². The molecule has 2 fully saturated rings. The van der Waals surface area contributed by atoms with E-state index in [1.165, 1.54) is 6.07 Å². The number of rotatable bonds is 17. The molecule has 75 heavy (non-hydrogen) atoms. The normalized spacial score (nSPS) is 21.3. The monoisotopic (exact) mass is 1150 g/mol. The molecule has 0 aliphatic carbocycles. The number of ether oxygens (including phenoxy) is 4. The molecule has 0 saturated carbocycles. The van der Waals surface area contributed by atoms with E-state index in [2.05, 4.69) is 74.0 Å². The van der Waals surface area contributed by atoms with E-state index in [0.29, 0.717) is 28.2 Å². The number of nitrogen functional groups attached to an aromatic ring is 1. The lowest BCUT2D eigenvalue weighted by molar-refractivity contribution is -0.182. The van der Waals surface area contributed by atoms with Crippen LogP contribution in [-0.4, -0.2) is 135 Å². The number of anilines is 4. The van der Waals surface area contributed by atoms with Gasteiger partial charge in [-0.3, -0.25) is 15.2 Å². The second-order valence-corrected chi connectivity index (χ2v) is 40.8.